The molecule has 0 aliphatic heterocycles. The lowest BCUT2D eigenvalue weighted by Crippen LogP contribution is -2.35. The van der Waals surface area contributed by atoms with Crippen LogP contribution in [0.5, 0.6) is 5.75 Å². The Morgan fingerprint density at radius 2 is 1.96 bits per heavy atom. The second-order valence-corrected chi connectivity index (χ2v) is 6.09. The number of amides is 1. The van der Waals surface area contributed by atoms with E-state index >= 15 is 0 Å². The van der Waals surface area contributed by atoms with E-state index in [1.165, 1.54) is 6.07 Å². The molecule has 0 atom stereocenters. The number of fused-ring (bicyclic) bond motifs is 1. The lowest BCUT2D eigenvalue weighted by atomic mass is 10.1. The number of nitrogens with one attached hydrogen (secondary N) is 1. The van der Waals surface area contributed by atoms with Crippen molar-refractivity contribution in [3.8, 4) is 5.75 Å². The molecule has 0 unspecified atom stereocenters. The lowest BCUT2D eigenvalue weighted by Gasteiger charge is -2.18. The Balaban J connectivity index is 2.22. The molecule has 0 saturated carbocycles. The third-order valence-corrected chi connectivity index (χ3v) is 3.94. The summed E-state index contributed by atoms with van der Waals surface area (Å²) >= 11 is 0. The molecule has 0 aliphatic carbocycles. The van der Waals surface area contributed by atoms with Gasteiger partial charge in [0.1, 0.15) is 11.3 Å². The molecule has 1 N–H and O–H groups in total. The summed E-state index contributed by atoms with van der Waals surface area (Å²) in [7, 11) is 0. The molecule has 0 bridgehead atoms. The Hall–Kier alpha value is -2.34. The maximum Gasteiger partial charge on any atom is 0.337 e. The Morgan fingerprint density at radius 1 is 1.24 bits per heavy atom. The molecule has 2 aromatic rings. The standard InChI is InChI=1S/C19H26N2O4/c1-5-21(6-2)10-9-20-19(23)16-12-18(22)25-17-11-14(24-13(3)4)7-8-15(16)17/h7-8,11-13H,5-6,9-10H2,1-4H3,(H,20,23). The molecule has 0 spiro atoms. The number of carbonyl (C=O) groups is 1. The van der Waals surface area contributed by atoms with Gasteiger partial charge in [-0.1, -0.05) is 13.8 Å². The van der Waals surface area contributed by atoms with Gasteiger partial charge in [-0.15, -0.1) is 0 Å². The van der Waals surface area contributed by atoms with Crippen molar-refractivity contribution in [3.63, 3.8) is 0 Å². The summed E-state index contributed by atoms with van der Waals surface area (Å²) in [5, 5.41) is 3.47. The summed E-state index contributed by atoms with van der Waals surface area (Å²) in [6.45, 7) is 11.2. The number of hydrogen-bond acceptors (Lipinski definition) is 5. The first-order valence-corrected chi connectivity index (χ1v) is 8.69. The average Bonchev–Trinajstić information content (AvgIpc) is 2.57. The molecule has 6 nitrogen and oxygen atoms in total. The summed E-state index contributed by atoms with van der Waals surface area (Å²) in [6.07, 6.45) is 0.00994. The van der Waals surface area contributed by atoms with Gasteiger partial charge >= 0.3 is 5.63 Å². The van der Waals surface area contributed by atoms with Crippen molar-refractivity contribution in [2.75, 3.05) is 26.2 Å². The van der Waals surface area contributed by atoms with Crippen LogP contribution in [0.1, 0.15) is 38.1 Å². The largest absolute Gasteiger partial charge is 0.491 e. The van der Waals surface area contributed by atoms with Gasteiger partial charge in [-0.25, -0.2) is 4.79 Å². The van der Waals surface area contributed by atoms with Crippen LogP contribution in [0.4, 0.5) is 0 Å². The smallest absolute Gasteiger partial charge is 0.337 e. The van der Waals surface area contributed by atoms with Crippen molar-refractivity contribution in [1.29, 1.82) is 0 Å². The fourth-order valence-electron chi connectivity index (χ4n) is 2.64. The van der Waals surface area contributed by atoms with Crippen molar-refractivity contribution < 1.29 is 13.9 Å². The first kappa shape index (κ1) is 19.0. The van der Waals surface area contributed by atoms with E-state index in [0.29, 0.717) is 28.8 Å². The maximum atomic E-state index is 12.5. The van der Waals surface area contributed by atoms with Gasteiger partial charge in [-0.2, -0.15) is 0 Å². The summed E-state index contributed by atoms with van der Waals surface area (Å²) in [5.41, 5.74) is 0.115. The minimum Gasteiger partial charge on any atom is -0.491 e. The van der Waals surface area contributed by atoms with E-state index in [2.05, 4.69) is 24.1 Å². The monoisotopic (exact) mass is 346 g/mol. The van der Waals surface area contributed by atoms with E-state index in [4.69, 9.17) is 9.15 Å². The van der Waals surface area contributed by atoms with E-state index in [-0.39, 0.29) is 12.0 Å². The van der Waals surface area contributed by atoms with Gasteiger partial charge in [-0.05, 0) is 39.1 Å². The van der Waals surface area contributed by atoms with Gasteiger partial charge in [-0.3, -0.25) is 4.79 Å². The van der Waals surface area contributed by atoms with Crippen LogP contribution in [0.3, 0.4) is 0 Å². The molecule has 1 aromatic carbocycles. The average molecular weight is 346 g/mol. The zero-order chi connectivity index (χ0) is 18.4. The highest BCUT2D eigenvalue weighted by Gasteiger charge is 2.14. The molecule has 0 radical (unpaired) electrons. The Bertz CT molecular complexity index is 779. The summed E-state index contributed by atoms with van der Waals surface area (Å²) < 4.78 is 10.8. The van der Waals surface area contributed by atoms with E-state index in [1.807, 2.05) is 13.8 Å². The van der Waals surface area contributed by atoms with Crippen LogP contribution in [0, 0.1) is 0 Å². The first-order valence-electron chi connectivity index (χ1n) is 8.69. The number of likely N-dealkylation sites (N-methyl/N-ethyl adjacent to an activating group) is 1. The number of ether oxygens (including phenoxy) is 1. The van der Waals surface area contributed by atoms with E-state index in [0.717, 1.165) is 19.6 Å². The molecule has 25 heavy (non-hydrogen) atoms. The van der Waals surface area contributed by atoms with Gasteiger partial charge in [0.2, 0.25) is 0 Å². The minimum absolute atomic E-state index is 0.00994. The maximum absolute atomic E-state index is 12.5. The van der Waals surface area contributed by atoms with Gasteiger partial charge in [0.15, 0.2) is 0 Å². The van der Waals surface area contributed by atoms with Crippen LogP contribution in [-0.4, -0.2) is 43.1 Å². The second kappa shape index (κ2) is 8.67. The number of rotatable bonds is 8. The minimum atomic E-state index is -0.553. The lowest BCUT2D eigenvalue weighted by molar-refractivity contribution is 0.0950. The van der Waals surface area contributed by atoms with Crippen LogP contribution in [-0.2, 0) is 0 Å². The van der Waals surface area contributed by atoms with Crippen LogP contribution in [0.25, 0.3) is 11.0 Å². The molecule has 2 rings (SSSR count). The molecular formula is C19H26N2O4. The van der Waals surface area contributed by atoms with Crippen LogP contribution in [0.2, 0.25) is 0 Å². The highest BCUT2D eigenvalue weighted by molar-refractivity contribution is 6.05. The van der Waals surface area contributed by atoms with Crippen LogP contribution >= 0.6 is 0 Å². The quantitative estimate of drug-likeness (QED) is 0.744. The van der Waals surface area contributed by atoms with Crippen molar-refractivity contribution in [1.82, 2.24) is 10.2 Å². The highest BCUT2D eigenvalue weighted by atomic mass is 16.5. The van der Waals surface area contributed by atoms with E-state index in [1.54, 1.807) is 18.2 Å². The summed E-state index contributed by atoms with van der Waals surface area (Å²) in [5.74, 6) is 0.326. The van der Waals surface area contributed by atoms with Gasteiger partial charge in [0.25, 0.3) is 5.91 Å². The van der Waals surface area contributed by atoms with E-state index in [9.17, 15) is 9.59 Å². The third-order valence-electron chi connectivity index (χ3n) is 3.94. The molecule has 1 heterocycles. The topological polar surface area (TPSA) is 71.8 Å². The van der Waals surface area contributed by atoms with Crippen LogP contribution < -0.4 is 15.7 Å². The zero-order valence-electron chi connectivity index (χ0n) is 15.3. The summed E-state index contributed by atoms with van der Waals surface area (Å²) in [4.78, 5) is 26.5. The molecular weight excluding hydrogens is 320 g/mol. The molecule has 0 fully saturated rings. The third kappa shape index (κ3) is 5.06. The predicted octanol–water partition coefficient (Wildman–Crippen LogP) is 2.65. The number of hydrogen-bond donors (Lipinski definition) is 1. The van der Waals surface area contributed by atoms with Crippen molar-refractivity contribution in [2.24, 2.45) is 0 Å². The molecule has 6 heteroatoms. The van der Waals surface area contributed by atoms with Gasteiger partial charge in [0.05, 0.1) is 11.7 Å². The number of nitrogens with zero attached hydrogens (tertiary/aromatic N) is 1. The summed E-state index contributed by atoms with van der Waals surface area (Å²) in [6, 6.07) is 6.39. The van der Waals surface area contributed by atoms with Crippen LogP contribution in [0.15, 0.2) is 33.5 Å². The van der Waals surface area contributed by atoms with Crippen molar-refractivity contribution in [3.05, 3.63) is 40.2 Å². The van der Waals surface area contributed by atoms with Gasteiger partial charge < -0.3 is 19.4 Å². The molecule has 1 amide bonds. The Morgan fingerprint density at radius 3 is 2.60 bits per heavy atom. The van der Waals surface area contributed by atoms with Gasteiger partial charge in [0, 0.05) is 30.6 Å². The molecule has 0 aliphatic rings. The fraction of sp³-hybridized carbons (Fsp3) is 0.474. The Kier molecular flexibility index (Phi) is 6.58. The normalized spacial score (nSPS) is 11.3. The molecule has 0 saturated heterocycles. The zero-order valence-corrected chi connectivity index (χ0v) is 15.3. The fourth-order valence-corrected chi connectivity index (χ4v) is 2.64. The molecule has 1 aromatic heterocycles. The second-order valence-electron chi connectivity index (χ2n) is 6.09. The van der Waals surface area contributed by atoms with Crippen molar-refractivity contribution >= 4 is 16.9 Å². The Labute approximate surface area is 147 Å². The van der Waals surface area contributed by atoms with E-state index < -0.39 is 5.63 Å². The molecule has 136 valence electrons. The highest BCUT2D eigenvalue weighted by Crippen LogP contribution is 2.23. The SMILES string of the molecule is CCN(CC)CCNC(=O)c1cc(=O)oc2cc(OC(C)C)ccc12. The first-order chi connectivity index (χ1) is 11.9. The van der Waals surface area contributed by atoms with Crippen molar-refractivity contribution in [2.45, 2.75) is 33.8 Å². The number of benzene rings is 1. The predicted molar refractivity (Wildman–Crippen MR) is 98.4 cm³/mol. The number of carbonyl (C=O) groups excluding carboxylic acids is 1.